The third kappa shape index (κ3) is 3.59. The van der Waals surface area contributed by atoms with E-state index < -0.39 is 25.9 Å². The van der Waals surface area contributed by atoms with E-state index in [0.717, 1.165) is 5.56 Å². The van der Waals surface area contributed by atoms with E-state index in [2.05, 4.69) is 20.7 Å². The second-order valence-corrected chi connectivity index (χ2v) is 9.46. The van der Waals surface area contributed by atoms with E-state index in [1.165, 1.54) is 6.07 Å². The molecule has 0 aliphatic carbocycles. The predicted molar refractivity (Wildman–Crippen MR) is 79.4 cm³/mol. The van der Waals surface area contributed by atoms with E-state index in [0.29, 0.717) is 17.4 Å². The molecule has 1 aliphatic rings. The third-order valence-electron chi connectivity index (χ3n) is 3.08. The van der Waals surface area contributed by atoms with Crippen molar-refractivity contribution in [3.05, 3.63) is 28.2 Å². The third-order valence-corrected chi connectivity index (χ3v) is 7.34. The molecule has 1 saturated heterocycles. The number of rotatable bonds is 4. The highest BCUT2D eigenvalue weighted by molar-refractivity contribution is 9.10. The smallest absolute Gasteiger partial charge is 0.241 e. The molecule has 0 spiro atoms. The molecule has 1 unspecified atom stereocenters. The Labute approximate surface area is 126 Å². The van der Waals surface area contributed by atoms with Crippen LogP contribution in [0.3, 0.4) is 0 Å². The highest BCUT2D eigenvalue weighted by Gasteiger charge is 2.32. The maximum atomic E-state index is 12.3. The van der Waals surface area contributed by atoms with Gasteiger partial charge in [0, 0.05) is 17.1 Å². The molecule has 1 atom stereocenters. The van der Waals surface area contributed by atoms with Gasteiger partial charge in [0.1, 0.15) is 0 Å². The fourth-order valence-corrected chi connectivity index (χ4v) is 6.23. The van der Waals surface area contributed by atoms with Crippen molar-refractivity contribution in [2.24, 2.45) is 5.73 Å². The molecule has 3 N–H and O–H groups in total. The highest BCUT2D eigenvalue weighted by atomic mass is 79.9. The van der Waals surface area contributed by atoms with Gasteiger partial charge in [0.2, 0.25) is 10.0 Å². The normalized spacial score (nSPS) is 22.0. The molecule has 0 amide bonds. The molecular formula is C11H15BrN2O4S2. The van der Waals surface area contributed by atoms with Gasteiger partial charge in [-0.2, -0.15) is 0 Å². The van der Waals surface area contributed by atoms with E-state index in [1.807, 2.05) is 0 Å². The number of sulfonamides is 1. The van der Waals surface area contributed by atoms with Crippen LogP contribution in [-0.4, -0.2) is 34.4 Å². The van der Waals surface area contributed by atoms with Gasteiger partial charge in [-0.05, 0) is 40.0 Å². The Bertz CT molecular complexity index is 716. The lowest BCUT2D eigenvalue weighted by Crippen LogP contribution is -2.35. The summed E-state index contributed by atoms with van der Waals surface area (Å²) >= 11 is 3.20. The molecule has 1 fully saturated rings. The lowest BCUT2D eigenvalue weighted by Gasteiger charge is -2.13. The molecule has 112 valence electrons. The summed E-state index contributed by atoms with van der Waals surface area (Å²) in [5.74, 6) is -0.127. The van der Waals surface area contributed by atoms with Crippen LogP contribution in [0.25, 0.3) is 0 Å². The molecule has 1 aromatic rings. The second-order valence-electron chi connectivity index (χ2n) is 4.69. The molecule has 2 rings (SSSR count). The van der Waals surface area contributed by atoms with E-state index in [9.17, 15) is 16.8 Å². The quantitative estimate of drug-likeness (QED) is 0.782. The van der Waals surface area contributed by atoms with Gasteiger partial charge >= 0.3 is 0 Å². The summed E-state index contributed by atoms with van der Waals surface area (Å²) < 4.78 is 50.1. The van der Waals surface area contributed by atoms with Gasteiger partial charge in [0.25, 0.3) is 0 Å². The van der Waals surface area contributed by atoms with Crippen LogP contribution in [0.15, 0.2) is 27.6 Å². The molecule has 1 heterocycles. The Hall–Kier alpha value is -0.480. The van der Waals surface area contributed by atoms with Gasteiger partial charge in [0.15, 0.2) is 9.84 Å². The minimum Gasteiger partial charge on any atom is -0.326 e. The zero-order chi connectivity index (χ0) is 15.0. The van der Waals surface area contributed by atoms with Crippen molar-refractivity contribution < 1.29 is 16.8 Å². The number of halogens is 1. The fourth-order valence-electron chi connectivity index (χ4n) is 2.06. The number of nitrogens with one attached hydrogen (secondary N) is 1. The van der Waals surface area contributed by atoms with Gasteiger partial charge < -0.3 is 5.73 Å². The number of hydrogen-bond acceptors (Lipinski definition) is 5. The van der Waals surface area contributed by atoms with Crippen LogP contribution >= 0.6 is 15.9 Å². The van der Waals surface area contributed by atoms with Gasteiger partial charge in [-0.1, -0.05) is 6.07 Å². The SMILES string of the molecule is NCc1ccc(S(=O)(=O)NC2CCS(=O)(=O)C2)c(Br)c1. The summed E-state index contributed by atoms with van der Waals surface area (Å²) in [6.07, 6.45) is 0.306. The molecule has 20 heavy (non-hydrogen) atoms. The Balaban J connectivity index is 2.23. The van der Waals surface area contributed by atoms with Crippen LogP contribution in [0, 0.1) is 0 Å². The van der Waals surface area contributed by atoms with Crippen LogP contribution in [0.5, 0.6) is 0 Å². The zero-order valence-corrected chi connectivity index (χ0v) is 13.8. The van der Waals surface area contributed by atoms with Crippen molar-refractivity contribution in [3.63, 3.8) is 0 Å². The first-order chi connectivity index (χ1) is 9.23. The summed E-state index contributed by atoms with van der Waals surface area (Å²) in [4.78, 5) is 0.0824. The van der Waals surface area contributed by atoms with Crippen molar-refractivity contribution in [1.29, 1.82) is 0 Å². The number of benzene rings is 1. The average molecular weight is 383 g/mol. The largest absolute Gasteiger partial charge is 0.326 e. The molecule has 0 aromatic heterocycles. The number of sulfone groups is 1. The Morgan fingerprint density at radius 3 is 2.60 bits per heavy atom. The lowest BCUT2D eigenvalue weighted by molar-refractivity contribution is 0.562. The number of nitrogens with two attached hydrogens (primary N) is 1. The van der Waals surface area contributed by atoms with Crippen molar-refractivity contribution in [1.82, 2.24) is 4.72 Å². The summed E-state index contributed by atoms with van der Waals surface area (Å²) in [6, 6.07) is 4.16. The van der Waals surface area contributed by atoms with Crippen molar-refractivity contribution >= 4 is 35.8 Å². The van der Waals surface area contributed by atoms with Crippen LogP contribution in [0.2, 0.25) is 0 Å². The van der Waals surface area contributed by atoms with E-state index in [1.54, 1.807) is 12.1 Å². The highest BCUT2D eigenvalue weighted by Crippen LogP contribution is 2.24. The first-order valence-electron chi connectivity index (χ1n) is 5.95. The van der Waals surface area contributed by atoms with Crippen LogP contribution in [0.1, 0.15) is 12.0 Å². The average Bonchev–Trinajstić information content (AvgIpc) is 2.67. The minimum absolute atomic E-state index is 0.0213. The minimum atomic E-state index is -3.75. The van der Waals surface area contributed by atoms with Crippen molar-refractivity contribution in [2.75, 3.05) is 11.5 Å². The van der Waals surface area contributed by atoms with Crippen molar-refractivity contribution in [2.45, 2.75) is 23.9 Å². The maximum absolute atomic E-state index is 12.3. The van der Waals surface area contributed by atoms with E-state index in [-0.39, 0.29) is 16.4 Å². The topological polar surface area (TPSA) is 106 Å². The van der Waals surface area contributed by atoms with E-state index in [4.69, 9.17) is 5.73 Å². The van der Waals surface area contributed by atoms with E-state index >= 15 is 0 Å². The molecule has 6 nitrogen and oxygen atoms in total. The fraction of sp³-hybridized carbons (Fsp3) is 0.455. The summed E-state index contributed by atoms with van der Waals surface area (Å²) in [7, 11) is -6.88. The summed E-state index contributed by atoms with van der Waals surface area (Å²) in [6.45, 7) is 0.313. The van der Waals surface area contributed by atoms with Gasteiger partial charge in [-0.3, -0.25) is 0 Å². The summed E-state index contributed by atoms with van der Waals surface area (Å²) in [5, 5.41) is 0. The van der Waals surface area contributed by atoms with Gasteiger partial charge in [-0.15, -0.1) is 0 Å². The molecule has 1 aromatic carbocycles. The molecule has 0 bridgehead atoms. The Morgan fingerprint density at radius 2 is 2.10 bits per heavy atom. The molecule has 9 heteroatoms. The van der Waals surface area contributed by atoms with Crippen LogP contribution in [0.4, 0.5) is 0 Å². The first-order valence-corrected chi connectivity index (χ1v) is 10.0. The lowest BCUT2D eigenvalue weighted by atomic mass is 10.2. The van der Waals surface area contributed by atoms with Crippen LogP contribution in [-0.2, 0) is 26.4 Å². The van der Waals surface area contributed by atoms with Crippen LogP contribution < -0.4 is 10.5 Å². The standard InChI is InChI=1S/C11H15BrN2O4S2/c12-10-5-8(6-13)1-2-11(10)20(17,18)14-9-3-4-19(15,16)7-9/h1-2,5,9,14H,3-4,6-7,13H2. The Kier molecular flexibility index (Phi) is 4.55. The number of hydrogen-bond donors (Lipinski definition) is 2. The zero-order valence-electron chi connectivity index (χ0n) is 10.5. The van der Waals surface area contributed by atoms with Crippen molar-refractivity contribution in [3.8, 4) is 0 Å². The molecule has 0 saturated carbocycles. The summed E-state index contributed by atoms with van der Waals surface area (Å²) in [5.41, 5.74) is 6.29. The first kappa shape index (κ1) is 15.9. The molecule has 0 radical (unpaired) electrons. The Morgan fingerprint density at radius 1 is 1.40 bits per heavy atom. The monoisotopic (exact) mass is 382 g/mol. The molecular weight excluding hydrogens is 368 g/mol. The second kappa shape index (κ2) is 5.72. The molecule has 1 aliphatic heterocycles. The maximum Gasteiger partial charge on any atom is 0.241 e. The van der Waals surface area contributed by atoms with Gasteiger partial charge in [0.05, 0.1) is 16.4 Å². The van der Waals surface area contributed by atoms with Gasteiger partial charge in [-0.25, -0.2) is 21.6 Å². The predicted octanol–water partition coefficient (Wildman–Crippen LogP) is 0.373.